The Kier molecular flexibility index (Phi) is 2.31. The second-order valence-electron chi connectivity index (χ2n) is 3.99. The highest BCUT2D eigenvalue weighted by Gasteiger charge is 2.07. The van der Waals surface area contributed by atoms with Crippen molar-refractivity contribution in [1.82, 2.24) is 24.8 Å². The predicted octanol–water partition coefficient (Wildman–Crippen LogP) is 1.08. The smallest absolute Gasteiger partial charge is 0.194 e. The molecular weight excluding hydrogens is 228 g/mol. The molecule has 0 radical (unpaired) electrons. The van der Waals surface area contributed by atoms with E-state index in [1.807, 2.05) is 35.0 Å². The zero-order chi connectivity index (χ0) is 12.5. The number of aryl methyl sites for hydroxylation is 1. The van der Waals surface area contributed by atoms with Crippen molar-refractivity contribution in [3.63, 3.8) is 0 Å². The van der Waals surface area contributed by atoms with E-state index in [2.05, 4.69) is 21.5 Å². The van der Waals surface area contributed by atoms with Gasteiger partial charge in [0.25, 0.3) is 0 Å². The van der Waals surface area contributed by atoms with Crippen LogP contribution in [0.15, 0.2) is 30.5 Å². The molecule has 0 bridgehead atoms. The minimum Gasteiger partial charge on any atom is -0.340 e. The summed E-state index contributed by atoms with van der Waals surface area (Å²) in [5.41, 5.74) is 1.68. The summed E-state index contributed by atoms with van der Waals surface area (Å²) < 4.78 is 2.01. The molecule has 6 nitrogen and oxygen atoms in total. The minimum absolute atomic E-state index is 0.548. The fraction of sp³-hybridized carbons (Fsp3) is 0.167. The van der Waals surface area contributed by atoms with Crippen molar-refractivity contribution < 1.29 is 0 Å². The van der Waals surface area contributed by atoms with Gasteiger partial charge in [0.2, 0.25) is 0 Å². The van der Waals surface area contributed by atoms with Crippen LogP contribution in [-0.4, -0.2) is 24.8 Å². The number of hydrogen-bond donors (Lipinski definition) is 0. The summed E-state index contributed by atoms with van der Waals surface area (Å²) >= 11 is 0. The van der Waals surface area contributed by atoms with Crippen molar-refractivity contribution in [2.75, 3.05) is 0 Å². The van der Waals surface area contributed by atoms with Crippen LogP contribution < -0.4 is 0 Å². The minimum atomic E-state index is 0.548. The molecular formula is C12H10N6. The molecule has 18 heavy (non-hydrogen) atoms. The molecule has 2 aromatic heterocycles. The Bertz CT molecular complexity index is 745. The lowest BCUT2D eigenvalue weighted by molar-refractivity contribution is 0.626. The van der Waals surface area contributed by atoms with Crippen molar-refractivity contribution in [3.8, 4) is 6.07 Å². The van der Waals surface area contributed by atoms with E-state index in [1.165, 1.54) is 4.80 Å². The number of nitriles is 1. The summed E-state index contributed by atoms with van der Waals surface area (Å²) in [7, 11) is 1.73. The van der Waals surface area contributed by atoms with Gasteiger partial charge in [-0.15, -0.1) is 10.2 Å². The Morgan fingerprint density at radius 2 is 2.22 bits per heavy atom. The number of rotatable bonds is 2. The van der Waals surface area contributed by atoms with Crippen molar-refractivity contribution in [1.29, 1.82) is 5.26 Å². The third-order valence-corrected chi connectivity index (χ3v) is 2.80. The summed E-state index contributed by atoms with van der Waals surface area (Å²) in [5.74, 6) is 0.650. The molecule has 0 aliphatic carbocycles. The lowest BCUT2D eigenvalue weighted by Gasteiger charge is -2.01. The SMILES string of the molecule is Cn1nnc(Cn2ccc3c(C#N)cccc32)n1. The zero-order valence-electron chi connectivity index (χ0n) is 9.78. The maximum Gasteiger partial charge on any atom is 0.194 e. The van der Waals surface area contributed by atoms with Crippen molar-refractivity contribution >= 4 is 10.9 Å². The fourth-order valence-electron chi connectivity index (χ4n) is 2.00. The van der Waals surface area contributed by atoms with Crippen LogP contribution in [0.1, 0.15) is 11.4 Å². The van der Waals surface area contributed by atoms with E-state index >= 15 is 0 Å². The highest BCUT2D eigenvalue weighted by molar-refractivity contribution is 5.86. The standard InChI is InChI=1S/C12H10N6/c1-17-15-12(14-16-17)8-18-6-5-10-9(7-13)3-2-4-11(10)18/h2-6H,8H2,1H3. The fourth-order valence-corrected chi connectivity index (χ4v) is 2.00. The number of benzene rings is 1. The van der Waals surface area contributed by atoms with Gasteiger partial charge in [-0.05, 0) is 23.4 Å². The highest BCUT2D eigenvalue weighted by atomic mass is 15.6. The van der Waals surface area contributed by atoms with Gasteiger partial charge in [0, 0.05) is 17.1 Å². The Morgan fingerprint density at radius 1 is 1.33 bits per heavy atom. The molecule has 6 heteroatoms. The largest absolute Gasteiger partial charge is 0.340 e. The van der Waals surface area contributed by atoms with Crippen molar-refractivity contribution in [2.24, 2.45) is 7.05 Å². The summed E-state index contributed by atoms with van der Waals surface area (Å²) in [4.78, 5) is 1.43. The van der Waals surface area contributed by atoms with Gasteiger partial charge in [0.05, 0.1) is 25.2 Å². The Morgan fingerprint density at radius 3 is 2.94 bits per heavy atom. The summed E-state index contributed by atoms with van der Waals surface area (Å²) in [5, 5.41) is 21.9. The summed E-state index contributed by atoms with van der Waals surface area (Å²) in [6.45, 7) is 0.548. The van der Waals surface area contributed by atoms with Gasteiger partial charge < -0.3 is 4.57 Å². The Balaban J connectivity index is 2.06. The molecule has 0 amide bonds. The third-order valence-electron chi connectivity index (χ3n) is 2.80. The van der Waals surface area contributed by atoms with Gasteiger partial charge in [0.15, 0.2) is 5.82 Å². The Hall–Kier alpha value is -2.68. The number of aromatic nitrogens is 5. The second-order valence-corrected chi connectivity index (χ2v) is 3.99. The molecule has 1 aromatic carbocycles. The zero-order valence-corrected chi connectivity index (χ0v) is 9.78. The second kappa shape index (κ2) is 3.96. The first-order valence-electron chi connectivity index (χ1n) is 5.49. The van der Waals surface area contributed by atoms with E-state index in [0.29, 0.717) is 17.9 Å². The van der Waals surface area contributed by atoms with Gasteiger partial charge in [-0.1, -0.05) is 6.07 Å². The average Bonchev–Trinajstić information content (AvgIpc) is 2.97. The van der Waals surface area contributed by atoms with Crippen LogP contribution in [0.3, 0.4) is 0 Å². The van der Waals surface area contributed by atoms with Crippen LogP contribution in [0.5, 0.6) is 0 Å². The molecule has 0 spiro atoms. The monoisotopic (exact) mass is 238 g/mol. The molecule has 0 N–H and O–H groups in total. The van der Waals surface area contributed by atoms with Crippen LogP contribution in [0.2, 0.25) is 0 Å². The molecule has 0 aliphatic heterocycles. The van der Waals surface area contributed by atoms with Crippen LogP contribution in [-0.2, 0) is 13.6 Å². The number of tetrazole rings is 1. The first kappa shape index (κ1) is 10.5. The number of fused-ring (bicyclic) bond motifs is 1. The van der Waals surface area contributed by atoms with E-state index in [1.54, 1.807) is 7.05 Å². The maximum atomic E-state index is 9.04. The average molecular weight is 238 g/mol. The quantitative estimate of drug-likeness (QED) is 0.669. The van der Waals surface area contributed by atoms with Crippen LogP contribution >= 0.6 is 0 Å². The molecule has 3 rings (SSSR count). The van der Waals surface area contributed by atoms with Gasteiger partial charge >= 0.3 is 0 Å². The van der Waals surface area contributed by atoms with Crippen molar-refractivity contribution in [2.45, 2.75) is 6.54 Å². The van der Waals surface area contributed by atoms with E-state index in [9.17, 15) is 0 Å². The predicted molar refractivity (Wildman–Crippen MR) is 64.6 cm³/mol. The molecule has 88 valence electrons. The molecule has 2 heterocycles. The van der Waals surface area contributed by atoms with Gasteiger partial charge in [0.1, 0.15) is 0 Å². The van der Waals surface area contributed by atoms with Crippen LogP contribution in [0.4, 0.5) is 0 Å². The number of hydrogen-bond acceptors (Lipinski definition) is 4. The third kappa shape index (κ3) is 1.62. The summed E-state index contributed by atoms with van der Waals surface area (Å²) in [6.07, 6.45) is 1.93. The van der Waals surface area contributed by atoms with E-state index < -0.39 is 0 Å². The Labute approximate surface area is 103 Å². The molecule has 0 unspecified atom stereocenters. The van der Waals surface area contributed by atoms with Crippen molar-refractivity contribution in [3.05, 3.63) is 41.9 Å². The molecule has 0 saturated heterocycles. The topological polar surface area (TPSA) is 72.3 Å². The molecule has 0 atom stereocenters. The normalized spacial score (nSPS) is 10.7. The maximum absolute atomic E-state index is 9.04. The van der Waals surface area contributed by atoms with Gasteiger partial charge in [-0.25, -0.2) is 0 Å². The van der Waals surface area contributed by atoms with E-state index in [0.717, 1.165) is 10.9 Å². The first-order valence-corrected chi connectivity index (χ1v) is 5.49. The first-order chi connectivity index (χ1) is 8.78. The highest BCUT2D eigenvalue weighted by Crippen LogP contribution is 2.20. The van der Waals surface area contributed by atoms with Crippen LogP contribution in [0, 0.1) is 11.3 Å². The summed E-state index contributed by atoms with van der Waals surface area (Å²) in [6, 6.07) is 9.79. The molecule has 3 aromatic rings. The lowest BCUT2D eigenvalue weighted by atomic mass is 10.1. The van der Waals surface area contributed by atoms with Gasteiger partial charge in [-0.2, -0.15) is 10.1 Å². The molecule has 0 saturated carbocycles. The lowest BCUT2D eigenvalue weighted by Crippen LogP contribution is -2.01. The number of nitrogens with zero attached hydrogens (tertiary/aromatic N) is 6. The van der Waals surface area contributed by atoms with Gasteiger partial charge in [-0.3, -0.25) is 0 Å². The molecule has 0 aliphatic rings. The van der Waals surface area contributed by atoms with E-state index in [4.69, 9.17) is 5.26 Å². The van der Waals surface area contributed by atoms with Crippen LogP contribution in [0.25, 0.3) is 10.9 Å². The molecule has 0 fully saturated rings. The van der Waals surface area contributed by atoms with E-state index in [-0.39, 0.29) is 0 Å².